The third kappa shape index (κ3) is 2.43. The fraction of sp³-hybridized carbons (Fsp3) is 0.909. The van der Waals surface area contributed by atoms with Crippen molar-refractivity contribution in [3.05, 3.63) is 0 Å². The van der Waals surface area contributed by atoms with Crippen molar-refractivity contribution in [3.63, 3.8) is 0 Å². The standard InChI is InChI=1S/C11H20N2O2/c1-11(2,3)15-10(14)13-7-8-4-5-9(13)6-12-8/h8-9,12H,4-7H2,1-3H3/t8-,9+/m0/s1. The van der Waals surface area contributed by atoms with Crippen LogP contribution in [0.4, 0.5) is 4.79 Å². The highest BCUT2D eigenvalue weighted by atomic mass is 16.6. The van der Waals surface area contributed by atoms with Crippen LogP contribution in [0, 0.1) is 0 Å². The van der Waals surface area contributed by atoms with Gasteiger partial charge in [0.15, 0.2) is 0 Å². The Labute approximate surface area is 91.0 Å². The lowest BCUT2D eigenvalue weighted by Gasteiger charge is -2.45. The molecule has 0 radical (unpaired) electrons. The number of fused-ring (bicyclic) bond motifs is 3. The molecule has 2 bridgehead atoms. The van der Waals surface area contributed by atoms with Crippen molar-refractivity contribution < 1.29 is 9.53 Å². The van der Waals surface area contributed by atoms with Crippen LogP contribution in [0.2, 0.25) is 0 Å². The number of nitrogens with one attached hydrogen (secondary N) is 1. The van der Waals surface area contributed by atoms with Gasteiger partial charge in [-0.2, -0.15) is 0 Å². The van der Waals surface area contributed by atoms with Gasteiger partial charge in [0, 0.05) is 25.2 Å². The van der Waals surface area contributed by atoms with E-state index in [1.807, 2.05) is 25.7 Å². The molecule has 15 heavy (non-hydrogen) atoms. The van der Waals surface area contributed by atoms with Gasteiger partial charge in [0.05, 0.1) is 0 Å². The van der Waals surface area contributed by atoms with E-state index >= 15 is 0 Å². The number of amides is 1. The summed E-state index contributed by atoms with van der Waals surface area (Å²) in [5.41, 5.74) is -0.388. The van der Waals surface area contributed by atoms with Gasteiger partial charge >= 0.3 is 6.09 Å². The lowest BCUT2D eigenvalue weighted by Crippen LogP contribution is -2.62. The number of piperazine rings is 1. The maximum Gasteiger partial charge on any atom is 0.410 e. The minimum Gasteiger partial charge on any atom is -0.444 e. The van der Waals surface area contributed by atoms with Crippen LogP contribution in [0.25, 0.3) is 0 Å². The predicted octanol–water partition coefficient (Wildman–Crippen LogP) is 1.36. The van der Waals surface area contributed by atoms with Crippen LogP contribution in [0.3, 0.4) is 0 Å². The number of carbonyl (C=O) groups excluding carboxylic acids is 1. The molecule has 3 saturated heterocycles. The Morgan fingerprint density at radius 2 is 2.13 bits per heavy atom. The monoisotopic (exact) mass is 212 g/mol. The van der Waals surface area contributed by atoms with Gasteiger partial charge in [0.2, 0.25) is 0 Å². The molecule has 86 valence electrons. The van der Waals surface area contributed by atoms with Crippen LogP contribution >= 0.6 is 0 Å². The summed E-state index contributed by atoms with van der Waals surface area (Å²) in [5.74, 6) is 0. The second-order valence-corrected chi connectivity index (χ2v) is 5.47. The van der Waals surface area contributed by atoms with Crippen LogP contribution in [-0.2, 0) is 4.74 Å². The third-order valence-electron chi connectivity index (χ3n) is 2.98. The first-order valence-corrected chi connectivity index (χ1v) is 5.69. The van der Waals surface area contributed by atoms with Gasteiger partial charge in [-0.25, -0.2) is 4.79 Å². The normalized spacial score (nSPS) is 30.5. The minimum atomic E-state index is -0.388. The highest BCUT2D eigenvalue weighted by molar-refractivity contribution is 5.69. The van der Waals surface area contributed by atoms with Crippen molar-refractivity contribution in [1.29, 1.82) is 0 Å². The molecule has 0 aromatic heterocycles. The molecule has 1 amide bonds. The van der Waals surface area contributed by atoms with E-state index in [2.05, 4.69) is 5.32 Å². The molecule has 0 unspecified atom stereocenters. The zero-order valence-electron chi connectivity index (χ0n) is 9.75. The number of hydrogen-bond donors (Lipinski definition) is 1. The van der Waals surface area contributed by atoms with Crippen LogP contribution in [0.15, 0.2) is 0 Å². The molecule has 1 N–H and O–H groups in total. The number of hydrogen-bond acceptors (Lipinski definition) is 3. The first-order chi connectivity index (χ1) is 6.96. The van der Waals surface area contributed by atoms with E-state index < -0.39 is 0 Å². The molecule has 0 aliphatic carbocycles. The fourth-order valence-corrected chi connectivity index (χ4v) is 2.25. The second kappa shape index (κ2) is 3.67. The molecule has 3 fully saturated rings. The Bertz CT molecular complexity index is 252. The highest BCUT2D eigenvalue weighted by Crippen LogP contribution is 2.24. The summed E-state index contributed by atoms with van der Waals surface area (Å²) in [6, 6.07) is 0.812. The molecule has 3 rings (SSSR count). The summed E-state index contributed by atoms with van der Waals surface area (Å²) >= 11 is 0. The van der Waals surface area contributed by atoms with Gasteiger partial charge in [0.1, 0.15) is 5.60 Å². The number of nitrogens with zero attached hydrogens (tertiary/aromatic N) is 1. The van der Waals surface area contributed by atoms with E-state index in [9.17, 15) is 4.79 Å². The fourth-order valence-electron chi connectivity index (χ4n) is 2.25. The van der Waals surface area contributed by atoms with Gasteiger partial charge in [-0.15, -0.1) is 0 Å². The summed E-state index contributed by atoms with van der Waals surface area (Å²) in [4.78, 5) is 13.8. The summed E-state index contributed by atoms with van der Waals surface area (Å²) in [5, 5.41) is 3.42. The van der Waals surface area contributed by atoms with Gasteiger partial charge in [-0.05, 0) is 33.6 Å². The molecule has 2 atom stereocenters. The average molecular weight is 212 g/mol. The van der Waals surface area contributed by atoms with Gasteiger partial charge in [-0.3, -0.25) is 0 Å². The smallest absolute Gasteiger partial charge is 0.410 e. The molecule has 0 spiro atoms. The topological polar surface area (TPSA) is 41.6 Å². The first kappa shape index (κ1) is 10.7. The Hall–Kier alpha value is -0.770. The van der Waals surface area contributed by atoms with Crippen LogP contribution in [0.1, 0.15) is 33.6 Å². The summed E-state index contributed by atoms with van der Waals surface area (Å²) in [6.07, 6.45) is 2.14. The highest BCUT2D eigenvalue weighted by Gasteiger charge is 2.37. The van der Waals surface area contributed by atoms with Gasteiger partial charge in [0.25, 0.3) is 0 Å². The van der Waals surface area contributed by atoms with Gasteiger partial charge < -0.3 is 15.0 Å². The zero-order chi connectivity index (χ0) is 11.1. The van der Waals surface area contributed by atoms with E-state index in [0.29, 0.717) is 12.1 Å². The van der Waals surface area contributed by atoms with Crippen molar-refractivity contribution in [2.24, 2.45) is 0 Å². The summed E-state index contributed by atoms with van der Waals surface area (Å²) in [7, 11) is 0. The molecular weight excluding hydrogens is 192 g/mol. The second-order valence-electron chi connectivity index (χ2n) is 5.47. The quantitative estimate of drug-likeness (QED) is 0.659. The molecule has 0 aromatic carbocycles. The Morgan fingerprint density at radius 1 is 1.40 bits per heavy atom. The predicted molar refractivity (Wildman–Crippen MR) is 57.8 cm³/mol. The van der Waals surface area contributed by atoms with Crippen molar-refractivity contribution in [3.8, 4) is 0 Å². The number of piperidine rings is 2. The minimum absolute atomic E-state index is 0.154. The molecule has 3 aliphatic heterocycles. The Morgan fingerprint density at radius 3 is 2.53 bits per heavy atom. The van der Waals surface area contributed by atoms with Crippen LogP contribution in [0.5, 0.6) is 0 Å². The van der Waals surface area contributed by atoms with Crippen molar-refractivity contribution in [2.75, 3.05) is 13.1 Å². The molecule has 0 aromatic rings. The van der Waals surface area contributed by atoms with Gasteiger partial charge in [-0.1, -0.05) is 0 Å². The van der Waals surface area contributed by atoms with E-state index in [0.717, 1.165) is 19.5 Å². The van der Waals surface area contributed by atoms with E-state index in [-0.39, 0.29) is 11.7 Å². The SMILES string of the molecule is CC(C)(C)OC(=O)N1C[C@@H]2CC[C@@H]1CN2. The molecule has 4 nitrogen and oxygen atoms in total. The van der Waals surface area contributed by atoms with Crippen LogP contribution in [-0.4, -0.2) is 41.8 Å². The molecule has 4 heteroatoms. The van der Waals surface area contributed by atoms with E-state index in [4.69, 9.17) is 4.74 Å². The van der Waals surface area contributed by atoms with Crippen LogP contribution < -0.4 is 5.32 Å². The molecule has 0 saturated carbocycles. The Balaban J connectivity index is 1.96. The zero-order valence-corrected chi connectivity index (χ0v) is 9.75. The first-order valence-electron chi connectivity index (χ1n) is 5.69. The molecule has 3 aliphatic rings. The molecular formula is C11H20N2O2. The van der Waals surface area contributed by atoms with E-state index in [1.54, 1.807) is 0 Å². The summed E-state index contributed by atoms with van der Waals surface area (Å²) < 4.78 is 5.39. The maximum atomic E-state index is 11.9. The van der Waals surface area contributed by atoms with E-state index in [1.165, 1.54) is 6.42 Å². The lowest BCUT2D eigenvalue weighted by atomic mass is 9.93. The number of ether oxygens (including phenoxy) is 1. The third-order valence-corrected chi connectivity index (χ3v) is 2.98. The van der Waals surface area contributed by atoms with Crippen molar-refractivity contribution in [2.45, 2.75) is 51.3 Å². The largest absolute Gasteiger partial charge is 0.444 e. The lowest BCUT2D eigenvalue weighted by molar-refractivity contribution is -0.00406. The Kier molecular flexibility index (Phi) is 2.63. The number of carbonyl (C=O) groups is 1. The molecule has 3 heterocycles. The maximum absolute atomic E-state index is 11.9. The number of rotatable bonds is 0. The van der Waals surface area contributed by atoms with Crippen molar-refractivity contribution in [1.82, 2.24) is 10.2 Å². The van der Waals surface area contributed by atoms with Crippen molar-refractivity contribution >= 4 is 6.09 Å². The average Bonchev–Trinajstić information content (AvgIpc) is 2.17. The summed E-state index contributed by atoms with van der Waals surface area (Å²) in [6.45, 7) is 7.45.